The summed E-state index contributed by atoms with van der Waals surface area (Å²) in [6.45, 7) is 0. The van der Waals surface area contributed by atoms with Gasteiger partial charge in [-0.15, -0.1) is 11.3 Å². The third-order valence-electron chi connectivity index (χ3n) is 9.51. The summed E-state index contributed by atoms with van der Waals surface area (Å²) in [5, 5.41) is 9.97. The molecule has 0 bridgehead atoms. The van der Waals surface area contributed by atoms with Gasteiger partial charge in [0, 0.05) is 36.9 Å². The lowest BCUT2D eigenvalue weighted by Crippen LogP contribution is -2.00. The molecule has 0 spiro atoms. The lowest BCUT2D eigenvalue weighted by molar-refractivity contribution is 1.07. The average Bonchev–Trinajstić information content (AvgIpc) is 3.57. The number of thiophene rings is 1. The van der Waals surface area contributed by atoms with Crippen LogP contribution in [0.25, 0.3) is 97.8 Å². The first-order valence-corrected chi connectivity index (χ1v) is 17.3. The third-order valence-corrected chi connectivity index (χ3v) is 10.7. The van der Waals surface area contributed by atoms with Crippen molar-refractivity contribution in [3.8, 4) is 45.3 Å². The van der Waals surface area contributed by atoms with Gasteiger partial charge in [-0.05, 0) is 61.6 Å². The quantitative estimate of drug-likeness (QED) is 0.180. The molecule has 2 heterocycles. The lowest BCUT2D eigenvalue weighted by atomic mass is 9.93. The van der Waals surface area contributed by atoms with Gasteiger partial charge in [0.25, 0.3) is 0 Å². The molecule has 49 heavy (non-hydrogen) atoms. The molecule has 0 amide bonds. The first kappa shape index (κ1) is 27.8. The van der Waals surface area contributed by atoms with E-state index in [1.165, 1.54) is 58.1 Å². The van der Waals surface area contributed by atoms with E-state index >= 15 is 0 Å². The van der Waals surface area contributed by atoms with Crippen LogP contribution < -0.4 is 0 Å². The van der Waals surface area contributed by atoms with Gasteiger partial charge >= 0.3 is 0 Å². The van der Waals surface area contributed by atoms with Crippen LogP contribution >= 0.6 is 11.3 Å². The molecule has 0 unspecified atom stereocenters. The number of rotatable bonds is 4. The predicted molar refractivity (Wildman–Crippen MR) is 207 cm³/mol. The fourth-order valence-electron chi connectivity index (χ4n) is 7.20. The topological polar surface area (TPSA) is 38.7 Å². The zero-order valence-electron chi connectivity index (χ0n) is 26.3. The highest BCUT2D eigenvalue weighted by Crippen LogP contribution is 2.41. The predicted octanol–water partition coefficient (Wildman–Crippen LogP) is 12.4. The molecule has 0 saturated heterocycles. The highest BCUT2D eigenvalue weighted by Gasteiger charge is 2.16. The maximum atomic E-state index is 5.16. The van der Waals surface area contributed by atoms with Gasteiger partial charge in [0.05, 0.1) is 0 Å². The van der Waals surface area contributed by atoms with Crippen LogP contribution in [0, 0.1) is 0 Å². The van der Waals surface area contributed by atoms with Gasteiger partial charge < -0.3 is 0 Å². The Hall–Kier alpha value is -6.23. The molecule has 3 nitrogen and oxygen atoms in total. The summed E-state index contributed by atoms with van der Waals surface area (Å²) in [6.07, 6.45) is 0. The molecule has 0 radical (unpaired) electrons. The van der Waals surface area contributed by atoms with Crippen LogP contribution in [-0.4, -0.2) is 15.0 Å². The fraction of sp³-hybridized carbons (Fsp3) is 0. The summed E-state index contributed by atoms with van der Waals surface area (Å²) in [6, 6.07) is 58.0. The summed E-state index contributed by atoms with van der Waals surface area (Å²) in [7, 11) is 0. The molecular weight excluding hydrogens is 615 g/mol. The van der Waals surface area contributed by atoms with Gasteiger partial charge in [-0.3, -0.25) is 0 Å². The smallest absolute Gasteiger partial charge is 0.164 e. The van der Waals surface area contributed by atoms with Crippen molar-refractivity contribution in [2.24, 2.45) is 0 Å². The van der Waals surface area contributed by atoms with Crippen molar-refractivity contribution in [3.05, 3.63) is 164 Å². The third kappa shape index (κ3) is 4.61. The Morgan fingerprint density at radius 1 is 0.306 bits per heavy atom. The molecule has 10 aromatic rings. The van der Waals surface area contributed by atoms with Gasteiger partial charge in [-0.2, -0.15) is 0 Å². The molecule has 2 aromatic heterocycles. The number of hydrogen-bond acceptors (Lipinski definition) is 4. The highest BCUT2D eigenvalue weighted by atomic mass is 32.1. The number of fused-ring (bicyclic) bond motifs is 9. The van der Waals surface area contributed by atoms with Crippen LogP contribution in [0.3, 0.4) is 0 Å². The van der Waals surface area contributed by atoms with E-state index in [4.69, 9.17) is 15.0 Å². The minimum absolute atomic E-state index is 0.651. The molecule has 0 atom stereocenters. The molecule has 0 aliphatic heterocycles. The minimum Gasteiger partial charge on any atom is -0.208 e. The van der Waals surface area contributed by atoms with Crippen molar-refractivity contribution in [2.45, 2.75) is 0 Å². The molecule has 10 rings (SSSR count). The van der Waals surface area contributed by atoms with Crippen LogP contribution in [0.1, 0.15) is 0 Å². The van der Waals surface area contributed by atoms with Crippen molar-refractivity contribution < 1.29 is 0 Å². The second kappa shape index (κ2) is 11.2. The van der Waals surface area contributed by atoms with E-state index in [9.17, 15) is 0 Å². The second-order valence-corrected chi connectivity index (χ2v) is 13.4. The Kier molecular flexibility index (Phi) is 6.36. The average molecular weight is 642 g/mol. The van der Waals surface area contributed by atoms with Crippen LogP contribution in [0.5, 0.6) is 0 Å². The molecule has 0 N–H and O–H groups in total. The van der Waals surface area contributed by atoms with Crippen molar-refractivity contribution in [2.75, 3.05) is 0 Å². The van der Waals surface area contributed by atoms with E-state index < -0.39 is 0 Å². The normalized spacial score (nSPS) is 11.7. The first-order chi connectivity index (χ1) is 24.3. The number of nitrogens with zero attached hydrogens (tertiary/aromatic N) is 3. The highest BCUT2D eigenvalue weighted by molar-refractivity contribution is 7.26. The standard InChI is InChI=1S/C45H27N3S/c1-2-12-28(13-3-1)43-46-44(30-15-10-14-29(26-30)32-21-11-22-39-38-20-8-9-23-41(38)49-42(32)39)48-45(47-43)31-24-25-37-35-18-5-4-16-33(35)34-17-6-7-19-36(34)40(37)27-31/h1-27H. The Bertz CT molecular complexity index is 2860. The van der Waals surface area contributed by atoms with Gasteiger partial charge in [0.1, 0.15) is 0 Å². The molecule has 228 valence electrons. The first-order valence-electron chi connectivity index (χ1n) is 16.4. The Morgan fingerprint density at radius 3 is 1.51 bits per heavy atom. The SMILES string of the molecule is c1ccc(-c2nc(-c3cccc(-c4cccc5c4sc4ccccc45)c3)nc(-c3ccc4c5ccccc5c5ccccc5c4c3)n2)cc1. The van der Waals surface area contributed by atoms with Crippen LogP contribution in [-0.2, 0) is 0 Å². The van der Waals surface area contributed by atoms with E-state index in [-0.39, 0.29) is 0 Å². The second-order valence-electron chi connectivity index (χ2n) is 12.4. The van der Waals surface area contributed by atoms with E-state index in [0.717, 1.165) is 22.3 Å². The molecule has 4 heteroatoms. The fourth-order valence-corrected chi connectivity index (χ4v) is 8.44. The summed E-state index contributed by atoms with van der Waals surface area (Å²) in [5.41, 5.74) is 5.22. The van der Waals surface area contributed by atoms with Crippen LogP contribution in [0.2, 0.25) is 0 Å². The molecule has 8 aromatic carbocycles. The molecule has 0 aliphatic carbocycles. The minimum atomic E-state index is 0.651. The largest absolute Gasteiger partial charge is 0.208 e. The summed E-state index contributed by atoms with van der Waals surface area (Å²) >= 11 is 1.85. The van der Waals surface area contributed by atoms with E-state index in [0.29, 0.717) is 17.5 Å². The van der Waals surface area contributed by atoms with E-state index in [1.807, 2.05) is 29.5 Å². The maximum Gasteiger partial charge on any atom is 0.164 e. The van der Waals surface area contributed by atoms with Gasteiger partial charge in [-0.1, -0.05) is 146 Å². The zero-order chi connectivity index (χ0) is 32.3. The van der Waals surface area contributed by atoms with Gasteiger partial charge in [0.2, 0.25) is 0 Å². The number of hydrogen-bond donors (Lipinski definition) is 0. The summed E-state index contributed by atoms with van der Waals surface area (Å²) < 4.78 is 2.59. The van der Waals surface area contributed by atoms with Crippen LogP contribution in [0.15, 0.2) is 164 Å². The van der Waals surface area contributed by atoms with Crippen LogP contribution in [0.4, 0.5) is 0 Å². The van der Waals surface area contributed by atoms with E-state index in [2.05, 4.69) is 146 Å². The van der Waals surface area contributed by atoms with Crippen molar-refractivity contribution in [1.29, 1.82) is 0 Å². The number of benzene rings is 8. The summed E-state index contributed by atoms with van der Waals surface area (Å²) in [4.78, 5) is 15.3. The maximum absolute atomic E-state index is 5.16. The van der Waals surface area contributed by atoms with Crippen molar-refractivity contribution in [1.82, 2.24) is 15.0 Å². The van der Waals surface area contributed by atoms with E-state index in [1.54, 1.807) is 0 Å². The zero-order valence-corrected chi connectivity index (χ0v) is 27.2. The molecule has 0 fully saturated rings. The lowest BCUT2D eigenvalue weighted by Gasteiger charge is -2.13. The molecule has 0 saturated carbocycles. The monoisotopic (exact) mass is 641 g/mol. The molecule has 0 aliphatic rings. The van der Waals surface area contributed by atoms with Crippen molar-refractivity contribution in [3.63, 3.8) is 0 Å². The Morgan fingerprint density at radius 2 is 0.796 bits per heavy atom. The Balaban J connectivity index is 1.17. The number of aromatic nitrogens is 3. The molecular formula is C45H27N3S. The Labute approximate surface area is 286 Å². The van der Waals surface area contributed by atoms with Crippen molar-refractivity contribution >= 4 is 63.8 Å². The van der Waals surface area contributed by atoms with Gasteiger partial charge in [-0.25, -0.2) is 15.0 Å². The summed E-state index contributed by atoms with van der Waals surface area (Å²) in [5.74, 6) is 1.96. The van der Waals surface area contributed by atoms with Gasteiger partial charge in [0.15, 0.2) is 17.5 Å².